The molecular weight excluding hydrogens is 250 g/mol. The van der Waals surface area contributed by atoms with Crippen molar-refractivity contribution in [3.63, 3.8) is 0 Å². The predicted octanol–water partition coefficient (Wildman–Crippen LogP) is 2.45. The van der Waals surface area contributed by atoms with Crippen molar-refractivity contribution in [2.45, 2.75) is 6.61 Å². The second-order valence-electron chi connectivity index (χ2n) is 3.62. The van der Waals surface area contributed by atoms with Crippen LogP contribution in [0, 0.1) is 0 Å². The SMILES string of the molecule is Nc1ccccc1OCC(=O)OCc1ccsc1. The number of para-hydroxylation sites is 2. The summed E-state index contributed by atoms with van der Waals surface area (Å²) in [5.41, 5.74) is 7.16. The van der Waals surface area contributed by atoms with Crippen molar-refractivity contribution in [3.05, 3.63) is 46.7 Å². The molecule has 0 aliphatic heterocycles. The van der Waals surface area contributed by atoms with Gasteiger partial charge in [-0.3, -0.25) is 0 Å². The van der Waals surface area contributed by atoms with Crippen molar-refractivity contribution in [1.29, 1.82) is 0 Å². The van der Waals surface area contributed by atoms with E-state index >= 15 is 0 Å². The van der Waals surface area contributed by atoms with E-state index in [9.17, 15) is 4.79 Å². The number of rotatable bonds is 5. The highest BCUT2D eigenvalue weighted by atomic mass is 32.1. The molecule has 0 fully saturated rings. The zero-order valence-electron chi connectivity index (χ0n) is 9.67. The van der Waals surface area contributed by atoms with Crippen molar-refractivity contribution in [3.8, 4) is 5.75 Å². The Bertz CT molecular complexity index is 511. The normalized spacial score (nSPS) is 10.0. The molecule has 2 N–H and O–H groups in total. The first-order chi connectivity index (χ1) is 8.75. The summed E-state index contributed by atoms with van der Waals surface area (Å²) in [6.07, 6.45) is 0. The van der Waals surface area contributed by atoms with Gasteiger partial charge in [0.05, 0.1) is 5.69 Å². The van der Waals surface area contributed by atoms with Crippen LogP contribution < -0.4 is 10.5 Å². The first-order valence-corrected chi connectivity index (χ1v) is 6.34. The average molecular weight is 263 g/mol. The summed E-state index contributed by atoms with van der Waals surface area (Å²) >= 11 is 1.56. The fourth-order valence-electron chi connectivity index (χ4n) is 1.33. The molecule has 2 rings (SSSR count). The quantitative estimate of drug-likeness (QED) is 0.665. The molecule has 0 unspecified atom stereocenters. The number of ether oxygens (including phenoxy) is 2. The lowest BCUT2D eigenvalue weighted by atomic mass is 10.3. The minimum absolute atomic E-state index is 0.141. The lowest BCUT2D eigenvalue weighted by Crippen LogP contribution is -2.15. The smallest absolute Gasteiger partial charge is 0.344 e. The van der Waals surface area contributed by atoms with Gasteiger partial charge in [0.1, 0.15) is 12.4 Å². The van der Waals surface area contributed by atoms with Crippen LogP contribution in [0.5, 0.6) is 5.75 Å². The minimum atomic E-state index is -0.413. The van der Waals surface area contributed by atoms with Crippen LogP contribution in [0.3, 0.4) is 0 Å². The highest BCUT2D eigenvalue weighted by Gasteiger charge is 2.06. The Kier molecular flexibility index (Phi) is 4.20. The average Bonchev–Trinajstić information content (AvgIpc) is 2.88. The molecule has 0 aliphatic carbocycles. The number of thiophene rings is 1. The van der Waals surface area contributed by atoms with Gasteiger partial charge in [-0.25, -0.2) is 4.79 Å². The van der Waals surface area contributed by atoms with Gasteiger partial charge in [0.15, 0.2) is 6.61 Å². The molecule has 0 amide bonds. The molecule has 0 saturated carbocycles. The van der Waals surface area contributed by atoms with E-state index in [0.717, 1.165) is 5.56 Å². The van der Waals surface area contributed by atoms with Gasteiger partial charge in [-0.15, -0.1) is 0 Å². The molecule has 0 spiro atoms. The van der Waals surface area contributed by atoms with E-state index in [1.165, 1.54) is 0 Å². The number of carbonyl (C=O) groups excluding carboxylic acids is 1. The van der Waals surface area contributed by atoms with E-state index in [1.807, 2.05) is 16.8 Å². The Morgan fingerprint density at radius 1 is 1.28 bits per heavy atom. The highest BCUT2D eigenvalue weighted by molar-refractivity contribution is 7.07. The lowest BCUT2D eigenvalue weighted by molar-refractivity contribution is -0.147. The topological polar surface area (TPSA) is 61.5 Å². The Balaban J connectivity index is 1.77. The molecule has 1 aromatic heterocycles. The van der Waals surface area contributed by atoms with Crippen LogP contribution >= 0.6 is 11.3 Å². The fourth-order valence-corrected chi connectivity index (χ4v) is 1.98. The van der Waals surface area contributed by atoms with Gasteiger partial charge in [-0.05, 0) is 29.0 Å². The number of nitrogen functional groups attached to an aromatic ring is 1. The highest BCUT2D eigenvalue weighted by Crippen LogP contribution is 2.19. The third-order valence-electron chi connectivity index (χ3n) is 2.24. The third-order valence-corrected chi connectivity index (χ3v) is 2.98. The maximum absolute atomic E-state index is 11.4. The molecule has 0 atom stereocenters. The van der Waals surface area contributed by atoms with E-state index < -0.39 is 5.97 Å². The standard InChI is InChI=1S/C13H13NO3S/c14-11-3-1-2-4-12(11)16-8-13(15)17-7-10-5-6-18-9-10/h1-6,9H,7-8,14H2. The van der Waals surface area contributed by atoms with Crippen molar-refractivity contribution < 1.29 is 14.3 Å². The molecular formula is C13H13NO3S. The van der Waals surface area contributed by atoms with Crippen LogP contribution in [0.4, 0.5) is 5.69 Å². The van der Waals surface area contributed by atoms with Crippen LogP contribution in [0.15, 0.2) is 41.1 Å². The zero-order valence-corrected chi connectivity index (χ0v) is 10.5. The van der Waals surface area contributed by atoms with E-state index in [2.05, 4.69) is 0 Å². The summed E-state index contributed by atoms with van der Waals surface area (Å²) in [5, 5.41) is 3.87. The molecule has 0 radical (unpaired) electrons. The molecule has 4 nitrogen and oxygen atoms in total. The molecule has 18 heavy (non-hydrogen) atoms. The Morgan fingerprint density at radius 3 is 2.83 bits per heavy atom. The van der Waals surface area contributed by atoms with Crippen molar-refractivity contribution in [1.82, 2.24) is 0 Å². The number of hydrogen-bond donors (Lipinski definition) is 1. The van der Waals surface area contributed by atoms with Gasteiger partial charge < -0.3 is 15.2 Å². The Hall–Kier alpha value is -2.01. The van der Waals surface area contributed by atoms with E-state index in [4.69, 9.17) is 15.2 Å². The van der Waals surface area contributed by atoms with Crippen molar-refractivity contribution in [2.24, 2.45) is 0 Å². The Labute approximate surface area is 109 Å². The Morgan fingerprint density at radius 2 is 2.11 bits per heavy atom. The molecule has 0 bridgehead atoms. The molecule has 0 saturated heterocycles. The van der Waals surface area contributed by atoms with Crippen LogP contribution in [-0.4, -0.2) is 12.6 Å². The third kappa shape index (κ3) is 3.49. The van der Waals surface area contributed by atoms with Gasteiger partial charge in [0, 0.05) is 5.56 Å². The van der Waals surface area contributed by atoms with E-state index in [1.54, 1.807) is 35.6 Å². The number of anilines is 1. The summed E-state index contributed by atoms with van der Waals surface area (Å²) in [6.45, 7) is 0.133. The fraction of sp³-hybridized carbons (Fsp3) is 0.154. The largest absolute Gasteiger partial charge is 0.480 e. The first-order valence-electron chi connectivity index (χ1n) is 5.39. The summed E-state index contributed by atoms with van der Waals surface area (Å²) in [5.74, 6) is 0.0782. The molecule has 5 heteroatoms. The van der Waals surface area contributed by atoms with Crippen LogP contribution in [0.25, 0.3) is 0 Å². The summed E-state index contributed by atoms with van der Waals surface area (Å²) in [7, 11) is 0. The maximum atomic E-state index is 11.4. The predicted molar refractivity (Wildman–Crippen MR) is 70.5 cm³/mol. The zero-order chi connectivity index (χ0) is 12.8. The first kappa shape index (κ1) is 12.4. The number of esters is 1. The number of nitrogens with two attached hydrogens (primary N) is 1. The molecule has 1 heterocycles. The second kappa shape index (κ2) is 6.07. The van der Waals surface area contributed by atoms with Gasteiger partial charge in [0.25, 0.3) is 0 Å². The monoisotopic (exact) mass is 263 g/mol. The van der Waals surface area contributed by atoms with E-state index in [0.29, 0.717) is 11.4 Å². The number of carbonyl (C=O) groups is 1. The van der Waals surface area contributed by atoms with Crippen molar-refractivity contribution in [2.75, 3.05) is 12.3 Å². The summed E-state index contributed by atoms with van der Waals surface area (Å²) < 4.78 is 10.3. The second-order valence-corrected chi connectivity index (χ2v) is 4.40. The minimum Gasteiger partial charge on any atom is -0.480 e. The summed E-state index contributed by atoms with van der Waals surface area (Å²) in [4.78, 5) is 11.4. The van der Waals surface area contributed by atoms with Gasteiger partial charge in [-0.2, -0.15) is 11.3 Å². The van der Waals surface area contributed by atoms with Crippen LogP contribution in [0.1, 0.15) is 5.56 Å². The van der Waals surface area contributed by atoms with Gasteiger partial charge >= 0.3 is 5.97 Å². The van der Waals surface area contributed by atoms with Crippen molar-refractivity contribution >= 4 is 23.0 Å². The number of hydrogen-bond acceptors (Lipinski definition) is 5. The summed E-state index contributed by atoms with van der Waals surface area (Å²) in [6, 6.07) is 8.93. The van der Waals surface area contributed by atoms with Crippen LogP contribution in [0.2, 0.25) is 0 Å². The molecule has 2 aromatic rings. The molecule has 0 aliphatic rings. The lowest BCUT2D eigenvalue weighted by Gasteiger charge is -2.08. The molecule has 94 valence electrons. The number of benzene rings is 1. The molecule has 1 aromatic carbocycles. The van der Waals surface area contributed by atoms with Gasteiger partial charge in [0.2, 0.25) is 0 Å². The maximum Gasteiger partial charge on any atom is 0.344 e. The van der Waals surface area contributed by atoms with Gasteiger partial charge in [-0.1, -0.05) is 12.1 Å². The van der Waals surface area contributed by atoms with Crippen LogP contribution in [-0.2, 0) is 16.1 Å². The van der Waals surface area contributed by atoms with E-state index in [-0.39, 0.29) is 13.2 Å².